The second-order valence-electron chi connectivity index (χ2n) is 4.97. The van der Waals surface area contributed by atoms with E-state index in [1.165, 1.54) is 0 Å². The summed E-state index contributed by atoms with van der Waals surface area (Å²) >= 11 is 1.55. The van der Waals surface area contributed by atoms with Crippen LogP contribution in [-0.2, 0) is 4.74 Å². The Morgan fingerprint density at radius 2 is 2.11 bits per heavy atom. The molecule has 6 atom stereocenters. The number of aliphatic hydroxyl groups is 2. The van der Waals surface area contributed by atoms with Crippen molar-refractivity contribution in [1.82, 2.24) is 10.2 Å². The molecule has 112 valence electrons. The lowest BCUT2D eigenvalue weighted by atomic mass is 10.1. The predicted molar refractivity (Wildman–Crippen MR) is 72.8 cm³/mol. The molecule has 8 nitrogen and oxygen atoms in total. The fourth-order valence-corrected chi connectivity index (χ4v) is 3.18. The summed E-state index contributed by atoms with van der Waals surface area (Å²) in [7, 11) is 0. The predicted octanol–water partition coefficient (Wildman–Crippen LogP) is -3.44. The third-order valence-electron chi connectivity index (χ3n) is 3.67. The molecule has 2 fully saturated rings. The third kappa shape index (κ3) is 2.89. The summed E-state index contributed by atoms with van der Waals surface area (Å²) in [6, 6.07) is -0.271. The van der Waals surface area contributed by atoms with Gasteiger partial charge in [-0.2, -0.15) is 11.8 Å². The first-order valence-electron chi connectivity index (χ1n) is 6.23. The van der Waals surface area contributed by atoms with Crippen LogP contribution in [0.4, 0.5) is 0 Å². The zero-order valence-corrected chi connectivity index (χ0v) is 11.7. The summed E-state index contributed by atoms with van der Waals surface area (Å²) < 4.78 is 5.71. The maximum atomic E-state index is 10.1. The second kappa shape index (κ2) is 6.20. The van der Waals surface area contributed by atoms with E-state index in [0.717, 1.165) is 0 Å². The first-order chi connectivity index (χ1) is 8.97. The highest BCUT2D eigenvalue weighted by Gasteiger charge is 2.49. The molecule has 9 heteroatoms. The van der Waals surface area contributed by atoms with E-state index < -0.39 is 36.9 Å². The quantitative estimate of drug-likeness (QED) is 0.292. The Morgan fingerprint density at radius 3 is 2.63 bits per heavy atom. The second-order valence-corrected chi connectivity index (χ2v) is 5.88. The molecule has 2 aliphatic rings. The van der Waals surface area contributed by atoms with Gasteiger partial charge in [0.05, 0.1) is 31.1 Å². The van der Waals surface area contributed by atoms with Gasteiger partial charge in [-0.25, -0.2) is 4.90 Å². The number of nitrogens with one attached hydrogen (secondary N) is 1. The fourth-order valence-electron chi connectivity index (χ4n) is 2.57. The van der Waals surface area contributed by atoms with Crippen molar-refractivity contribution in [3.8, 4) is 0 Å². The van der Waals surface area contributed by atoms with Gasteiger partial charge in [0.1, 0.15) is 18.4 Å². The van der Waals surface area contributed by atoms with Crippen LogP contribution >= 0.6 is 11.8 Å². The molecule has 2 aliphatic heterocycles. The highest BCUT2D eigenvalue weighted by Crippen LogP contribution is 2.28. The van der Waals surface area contributed by atoms with Crippen LogP contribution in [0.5, 0.6) is 0 Å². The van der Waals surface area contributed by atoms with Crippen LogP contribution in [0.2, 0.25) is 0 Å². The fraction of sp³-hybridized carbons (Fsp3) is 1.00. The largest absolute Gasteiger partial charge is 0.388 e. The Kier molecular flexibility index (Phi) is 5.04. The van der Waals surface area contributed by atoms with Crippen molar-refractivity contribution in [2.45, 2.75) is 42.9 Å². The van der Waals surface area contributed by atoms with Crippen LogP contribution in [0.25, 0.3) is 0 Å². The molecule has 0 radical (unpaired) electrons. The van der Waals surface area contributed by atoms with E-state index in [0.29, 0.717) is 12.4 Å². The number of thioether (sulfide) groups is 1. The molecule has 2 saturated heterocycles. The molecule has 2 unspecified atom stereocenters. The topological polar surface area (TPSA) is 143 Å². The van der Waals surface area contributed by atoms with Gasteiger partial charge in [-0.05, 0) is 6.26 Å². The molecule has 0 aromatic carbocycles. The van der Waals surface area contributed by atoms with Crippen molar-refractivity contribution < 1.29 is 14.9 Å². The Bertz CT molecular complexity index is 311. The van der Waals surface area contributed by atoms with Crippen molar-refractivity contribution >= 4 is 11.8 Å². The van der Waals surface area contributed by atoms with Gasteiger partial charge in [-0.15, -0.1) is 0 Å². The molecule has 0 amide bonds. The molecule has 0 spiro atoms. The number of ether oxygens (including phenoxy) is 1. The van der Waals surface area contributed by atoms with Gasteiger partial charge in [0, 0.05) is 5.75 Å². The van der Waals surface area contributed by atoms with Crippen molar-refractivity contribution in [1.29, 1.82) is 0 Å². The van der Waals surface area contributed by atoms with Crippen molar-refractivity contribution in [2.24, 2.45) is 17.2 Å². The Balaban J connectivity index is 2.03. The van der Waals surface area contributed by atoms with Crippen molar-refractivity contribution in [3.05, 3.63) is 0 Å². The number of rotatable bonds is 4. The van der Waals surface area contributed by atoms with Crippen LogP contribution in [0, 0.1) is 0 Å². The van der Waals surface area contributed by atoms with E-state index >= 15 is 0 Å². The lowest BCUT2D eigenvalue weighted by Crippen LogP contribution is -2.59. The molecule has 0 saturated carbocycles. The maximum absolute atomic E-state index is 10.1. The third-order valence-corrected chi connectivity index (χ3v) is 4.33. The normalized spacial score (nSPS) is 44.4. The SMILES string of the molecule is CSC[C@H]1O[C@@H](N2CNC(C(N)N)C2N)[C@H](O)[C@@H]1O. The zero-order chi connectivity index (χ0) is 14.2. The number of aliphatic hydroxyl groups excluding tert-OH is 2. The highest BCUT2D eigenvalue weighted by molar-refractivity contribution is 7.98. The minimum Gasteiger partial charge on any atom is -0.388 e. The standard InChI is InChI=1S/C10H23N5O3S/c1-19-2-4-6(16)7(17)10(18-4)15-3-14-5(8(11)12)9(15)13/h4-10,14,16-17H,2-3,11-13H2,1H3/t4-,5?,6-,7-,9?,10-/m1/s1. The lowest BCUT2D eigenvalue weighted by molar-refractivity contribution is -0.0917. The molecule has 19 heavy (non-hydrogen) atoms. The average Bonchev–Trinajstić information content (AvgIpc) is 2.85. The highest BCUT2D eigenvalue weighted by atomic mass is 32.2. The van der Waals surface area contributed by atoms with E-state index in [1.807, 2.05) is 6.26 Å². The number of nitrogens with two attached hydrogens (primary N) is 3. The molecule has 0 aliphatic carbocycles. The van der Waals surface area contributed by atoms with Crippen LogP contribution in [0.15, 0.2) is 0 Å². The van der Waals surface area contributed by atoms with E-state index in [-0.39, 0.29) is 6.04 Å². The van der Waals surface area contributed by atoms with E-state index in [4.69, 9.17) is 21.9 Å². The monoisotopic (exact) mass is 293 g/mol. The minimum absolute atomic E-state index is 0.271. The van der Waals surface area contributed by atoms with Crippen molar-refractivity contribution in [2.75, 3.05) is 18.7 Å². The molecule has 2 rings (SSSR count). The Labute approximate surface area is 116 Å². The van der Waals surface area contributed by atoms with E-state index in [9.17, 15) is 10.2 Å². The van der Waals surface area contributed by atoms with Gasteiger partial charge >= 0.3 is 0 Å². The van der Waals surface area contributed by atoms with Gasteiger partial charge < -0.3 is 32.2 Å². The summed E-state index contributed by atoms with van der Waals surface area (Å²) in [6.45, 7) is 0.414. The smallest absolute Gasteiger partial charge is 0.142 e. The maximum Gasteiger partial charge on any atom is 0.142 e. The van der Waals surface area contributed by atoms with Gasteiger partial charge in [0.2, 0.25) is 0 Å². The Morgan fingerprint density at radius 1 is 1.42 bits per heavy atom. The van der Waals surface area contributed by atoms with Crippen LogP contribution in [0.1, 0.15) is 0 Å². The van der Waals surface area contributed by atoms with Crippen LogP contribution in [-0.4, -0.2) is 76.7 Å². The number of hydrogen-bond donors (Lipinski definition) is 6. The summed E-state index contributed by atoms with van der Waals surface area (Å²) in [5, 5.41) is 23.1. The van der Waals surface area contributed by atoms with Gasteiger partial charge in [-0.3, -0.25) is 5.32 Å². The number of hydrogen-bond acceptors (Lipinski definition) is 9. The Hall–Kier alpha value is 0.0300. The first-order valence-corrected chi connectivity index (χ1v) is 7.63. The molecular weight excluding hydrogens is 270 g/mol. The molecule has 0 bridgehead atoms. The van der Waals surface area contributed by atoms with Gasteiger partial charge in [-0.1, -0.05) is 0 Å². The summed E-state index contributed by atoms with van der Waals surface area (Å²) in [4.78, 5) is 1.74. The molecule has 0 aromatic rings. The minimum atomic E-state index is -0.988. The summed E-state index contributed by atoms with van der Waals surface area (Å²) in [6.07, 6.45) is -2.06. The van der Waals surface area contributed by atoms with Gasteiger partial charge in [0.15, 0.2) is 0 Å². The average molecular weight is 293 g/mol. The molecule has 2 heterocycles. The summed E-state index contributed by atoms with van der Waals surface area (Å²) in [5.41, 5.74) is 17.3. The van der Waals surface area contributed by atoms with Gasteiger partial charge in [0.25, 0.3) is 0 Å². The molecular formula is C10H23N5O3S. The number of nitrogens with zero attached hydrogens (tertiary/aromatic N) is 1. The first kappa shape index (κ1) is 15.4. The molecule has 0 aromatic heterocycles. The van der Waals surface area contributed by atoms with Crippen LogP contribution in [0.3, 0.4) is 0 Å². The van der Waals surface area contributed by atoms with Crippen LogP contribution < -0.4 is 22.5 Å². The van der Waals surface area contributed by atoms with E-state index in [2.05, 4.69) is 5.32 Å². The van der Waals surface area contributed by atoms with E-state index in [1.54, 1.807) is 16.7 Å². The zero-order valence-electron chi connectivity index (χ0n) is 10.8. The van der Waals surface area contributed by atoms with Crippen molar-refractivity contribution in [3.63, 3.8) is 0 Å². The molecule has 9 N–H and O–H groups in total. The lowest BCUT2D eigenvalue weighted by Gasteiger charge is -2.30. The summed E-state index contributed by atoms with van der Waals surface area (Å²) in [5.74, 6) is 0.616.